The minimum absolute atomic E-state index is 0.174. The maximum atomic E-state index is 11.8. The van der Waals surface area contributed by atoms with Crippen molar-refractivity contribution in [1.29, 1.82) is 0 Å². The van der Waals surface area contributed by atoms with Crippen molar-refractivity contribution in [2.75, 3.05) is 20.3 Å². The van der Waals surface area contributed by atoms with Gasteiger partial charge >= 0.3 is 0 Å². The first-order chi connectivity index (χ1) is 8.02. The second-order valence-electron chi connectivity index (χ2n) is 4.20. The van der Waals surface area contributed by atoms with Gasteiger partial charge in [0.25, 0.3) is 5.91 Å². The standard InChI is InChI=1S/C13H19NO3/c1-9-4-10(2)6-11(5-9)13(16)14-7-12(15)8-17-3/h4-6,12,15H,7-8H2,1-3H3,(H,14,16). The number of nitrogens with one attached hydrogen (secondary N) is 1. The zero-order chi connectivity index (χ0) is 12.8. The van der Waals surface area contributed by atoms with Gasteiger partial charge in [-0.1, -0.05) is 17.2 Å². The molecule has 1 aromatic carbocycles. The van der Waals surface area contributed by atoms with Crippen molar-refractivity contribution in [3.05, 3.63) is 34.9 Å². The number of hydrogen-bond acceptors (Lipinski definition) is 3. The molecule has 0 aromatic heterocycles. The highest BCUT2D eigenvalue weighted by atomic mass is 16.5. The summed E-state index contributed by atoms with van der Waals surface area (Å²) in [5.41, 5.74) is 2.72. The molecular formula is C13H19NO3. The summed E-state index contributed by atoms with van der Waals surface area (Å²) in [5.74, 6) is -0.174. The number of rotatable bonds is 5. The zero-order valence-electron chi connectivity index (χ0n) is 10.5. The molecule has 0 fully saturated rings. The predicted octanol–water partition coefficient (Wildman–Crippen LogP) is 1.04. The van der Waals surface area contributed by atoms with Gasteiger partial charge in [0.15, 0.2) is 0 Å². The lowest BCUT2D eigenvalue weighted by molar-refractivity contribution is 0.0610. The number of amides is 1. The molecule has 2 N–H and O–H groups in total. The van der Waals surface area contributed by atoms with E-state index < -0.39 is 6.10 Å². The number of aryl methyl sites for hydroxylation is 2. The van der Waals surface area contributed by atoms with Crippen LogP contribution >= 0.6 is 0 Å². The Hall–Kier alpha value is -1.39. The first-order valence-electron chi connectivity index (χ1n) is 5.56. The van der Waals surface area contributed by atoms with Crippen LogP contribution in [0.25, 0.3) is 0 Å². The number of ether oxygens (including phenoxy) is 1. The molecule has 94 valence electrons. The first kappa shape index (κ1) is 13.7. The zero-order valence-corrected chi connectivity index (χ0v) is 10.5. The van der Waals surface area contributed by atoms with Gasteiger partial charge in [-0.25, -0.2) is 0 Å². The van der Waals surface area contributed by atoms with E-state index in [1.54, 1.807) is 0 Å². The molecule has 0 aliphatic heterocycles. The van der Waals surface area contributed by atoms with Crippen LogP contribution in [0.1, 0.15) is 21.5 Å². The summed E-state index contributed by atoms with van der Waals surface area (Å²) in [4.78, 5) is 11.8. The maximum absolute atomic E-state index is 11.8. The smallest absolute Gasteiger partial charge is 0.251 e. The SMILES string of the molecule is COCC(O)CNC(=O)c1cc(C)cc(C)c1. The molecule has 0 radical (unpaired) electrons. The number of benzene rings is 1. The molecule has 0 aliphatic carbocycles. The molecule has 1 amide bonds. The number of methoxy groups -OCH3 is 1. The Bertz CT molecular complexity index is 370. The lowest BCUT2D eigenvalue weighted by atomic mass is 10.1. The van der Waals surface area contributed by atoms with E-state index in [9.17, 15) is 9.90 Å². The van der Waals surface area contributed by atoms with Crippen molar-refractivity contribution in [2.24, 2.45) is 0 Å². The van der Waals surface area contributed by atoms with Gasteiger partial charge in [0.1, 0.15) is 0 Å². The molecule has 0 saturated carbocycles. The normalized spacial score (nSPS) is 12.2. The molecule has 0 spiro atoms. The maximum Gasteiger partial charge on any atom is 0.251 e. The van der Waals surface area contributed by atoms with Crippen LogP contribution in [-0.4, -0.2) is 37.4 Å². The van der Waals surface area contributed by atoms with Gasteiger partial charge in [-0.05, 0) is 26.0 Å². The highest BCUT2D eigenvalue weighted by Gasteiger charge is 2.09. The Kier molecular flexibility index (Phi) is 5.12. The average molecular weight is 237 g/mol. The van der Waals surface area contributed by atoms with E-state index in [-0.39, 0.29) is 19.1 Å². The molecular weight excluding hydrogens is 218 g/mol. The molecule has 1 atom stereocenters. The van der Waals surface area contributed by atoms with E-state index in [4.69, 9.17) is 4.74 Å². The molecule has 1 unspecified atom stereocenters. The van der Waals surface area contributed by atoms with Crippen LogP contribution in [0.2, 0.25) is 0 Å². The summed E-state index contributed by atoms with van der Waals surface area (Å²) in [7, 11) is 1.51. The Morgan fingerprint density at radius 3 is 2.47 bits per heavy atom. The summed E-state index contributed by atoms with van der Waals surface area (Å²) in [6, 6.07) is 5.66. The monoisotopic (exact) mass is 237 g/mol. The summed E-state index contributed by atoms with van der Waals surface area (Å²) in [5, 5.41) is 12.1. The molecule has 0 saturated heterocycles. The number of hydrogen-bond donors (Lipinski definition) is 2. The Morgan fingerprint density at radius 1 is 1.35 bits per heavy atom. The quantitative estimate of drug-likeness (QED) is 0.804. The van der Waals surface area contributed by atoms with Gasteiger partial charge in [-0.15, -0.1) is 0 Å². The van der Waals surface area contributed by atoms with Gasteiger partial charge in [0.2, 0.25) is 0 Å². The fourth-order valence-electron chi connectivity index (χ4n) is 1.67. The van der Waals surface area contributed by atoms with Crippen LogP contribution in [0.3, 0.4) is 0 Å². The molecule has 0 aliphatic rings. The van der Waals surface area contributed by atoms with Crippen LogP contribution in [-0.2, 0) is 4.74 Å². The van der Waals surface area contributed by atoms with Gasteiger partial charge in [0.05, 0.1) is 12.7 Å². The minimum atomic E-state index is -0.671. The molecule has 1 rings (SSSR count). The lowest BCUT2D eigenvalue weighted by Gasteiger charge is -2.11. The van der Waals surface area contributed by atoms with E-state index in [1.807, 2.05) is 32.0 Å². The Morgan fingerprint density at radius 2 is 1.94 bits per heavy atom. The second-order valence-corrected chi connectivity index (χ2v) is 4.20. The van der Waals surface area contributed by atoms with E-state index >= 15 is 0 Å². The molecule has 1 aromatic rings. The first-order valence-corrected chi connectivity index (χ1v) is 5.56. The third-order valence-corrected chi connectivity index (χ3v) is 2.34. The molecule has 0 heterocycles. The van der Waals surface area contributed by atoms with E-state index in [1.165, 1.54) is 7.11 Å². The van der Waals surface area contributed by atoms with E-state index in [2.05, 4.69) is 5.32 Å². The summed E-state index contributed by atoms with van der Waals surface area (Å²) in [6.45, 7) is 4.31. The third-order valence-electron chi connectivity index (χ3n) is 2.34. The van der Waals surface area contributed by atoms with Crippen molar-refractivity contribution in [2.45, 2.75) is 20.0 Å². The highest BCUT2D eigenvalue weighted by Crippen LogP contribution is 2.08. The summed E-state index contributed by atoms with van der Waals surface area (Å²) < 4.78 is 4.78. The molecule has 17 heavy (non-hydrogen) atoms. The molecule has 4 heteroatoms. The second kappa shape index (κ2) is 6.37. The van der Waals surface area contributed by atoms with E-state index in [0.29, 0.717) is 5.56 Å². The Labute approximate surface area is 102 Å². The van der Waals surface area contributed by atoms with Gasteiger partial charge in [-0.2, -0.15) is 0 Å². The van der Waals surface area contributed by atoms with Crippen molar-refractivity contribution >= 4 is 5.91 Å². The van der Waals surface area contributed by atoms with E-state index in [0.717, 1.165) is 11.1 Å². The van der Waals surface area contributed by atoms with Crippen molar-refractivity contribution in [3.63, 3.8) is 0 Å². The van der Waals surface area contributed by atoms with Crippen LogP contribution in [0.15, 0.2) is 18.2 Å². The number of aliphatic hydroxyl groups is 1. The van der Waals surface area contributed by atoms with Crippen LogP contribution < -0.4 is 5.32 Å². The predicted molar refractivity (Wildman–Crippen MR) is 66.1 cm³/mol. The van der Waals surface area contributed by atoms with Crippen molar-refractivity contribution in [3.8, 4) is 0 Å². The molecule has 0 bridgehead atoms. The number of aliphatic hydroxyl groups excluding tert-OH is 1. The van der Waals surface area contributed by atoms with Gasteiger partial charge in [0, 0.05) is 19.2 Å². The average Bonchev–Trinajstić information content (AvgIpc) is 2.25. The summed E-state index contributed by atoms with van der Waals surface area (Å²) >= 11 is 0. The van der Waals surface area contributed by atoms with Crippen LogP contribution in [0.4, 0.5) is 0 Å². The Balaban J connectivity index is 2.58. The number of carbonyl (C=O) groups excluding carboxylic acids is 1. The summed E-state index contributed by atoms with van der Waals surface area (Å²) in [6.07, 6.45) is -0.671. The minimum Gasteiger partial charge on any atom is -0.389 e. The molecule has 4 nitrogen and oxygen atoms in total. The largest absolute Gasteiger partial charge is 0.389 e. The third kappa shape index (κ3) is 4.54. The van der Waals surface area contributed by atoms with Crippen molar-refractivity contribution in [1.82, 2.24) is 5.32 Å². The highest BCUT2D eigenvalue weighted by molar-refractivity contribution is 5.94. The van der Waals surface area contributed by atoms with Gasteiger partial charge in [-0.3, -0.25) is 4.79 Å². The fraction of sp³-hybridized carbons (Fsp3) is 0.462. The lowest BCUT2D eigenvalue weighted by Crippen LogP contribution is -2.34. The van der Waals surface area contributed by atoms with Crippen LogP contribution in [0.5, 0.6) is 0 Å². The fourth-order valence-corrected chi connectivity index (χ4v) is 1.67. The van der Waals surface area contributed by atoms with Gasteiger partial charge < -0.3 is 15.2 Å². The van der Waals surface area contributed by atoms with Crippen molar-refractivity contribution < 1.29 is 14.6 Å². The topological polar surface area (TPSA) is 58.6 Å². The van der Waals surface area contributed by atoms with Crippen LogP contribution in [0, 0.1) is 13.8 Å². The number of carbonyl (C=O) groups is 1.